The van der Waals surface area contributed by atoms with Crippen LogP contribution in [0.4, 0.5) is 0 Å². The van der Waals surface area contributed by atoms with E-state index in [1.807, 2.05) is 32.9 Å². The quantitative estimate of drug-likeness (QED) is 0.908. The first kappa shape index (κ1) is 15.8. The van der Waals surface area contributed by atoms with Crippen molar-refractivity contribution >= 4 is 10.9 Å². The van der Waals surface area contributed by atoms with Gasteiger partial charge < -0.3 is 10.5 Å². The zero-order valence-corrected chi connectivity index (χ0v) is 13.7. The fourth-order valence-electron chi connectivity index (χ4n) is 2.52. The Hall–Kier alpha value is -1.61. The fraction of sp³-hybridized carbons (Fsp3) is 0.500. The van der Waals surface area contributed by atoms with Crippen molar-refractivity contribution < 1.29 is 4.74 Å². The molecule has 21 heavy (non-hydrogen) atoms. The SMILES string of the molecule is Cc1cc(CC(C)(C)CN)c2cccc(OC(C)C)c2n1. The molecule has 2 N–H and O–H groups in total. The Kier molecular flexibility index (Phi) is 4.52. The van der Waals surface area contributed by atoms with E-state index in [9.17, 15) is 0 Å². The molecule has 3 heteroatoms. The number of fused-ring (bicyclic) bond motifs is 1. The summed E-state index contributed by atoms with van der Waals surface area (Å²) in [7, 11) is 0. The minimum absolute atomic E-state index is 0.0790. The molecule has 1 aromatic carbocycles. The molecule has 0 spiro atoms. The zero-order valence-electron chi connectivity index (χ0n) is 13.7. The number of para-hydroxylation sites is 1. The molecule has 0 aliphatic heterocycles. The number of pyridine rings is 1. The summed E-state index contributed by atoms with van der Waals surface area (Å²) in [4.78, 5) is 4.69. The third-order valence-electron chi connectivity index (χ3n) is 3.60. The third kappa shape index (κ3) is 3.73. The number of nitrogens with two attached hydrogens (primary N) is 1. The number of nitrogens with zero attached hydrogens (tertiary/aromatic N) is 1. The fourth-order valence-corrected chi connectivity index (χ4v) is 2.52. The van der Waals surface area contributed by atoms with E-state index in [-0.39, 0.29) is 11.5 Å². The third-order valence-corrected chi connectivity index (χ3v) is 3.60. The summed E-state index contributed by atoms with van der Waals surface area (Å²) in [6, 6.07) is 8.32. The van der Waals surface area contributed by atoms with Gasteiger partial charge in [-0.3, -0.25) is 0 Å². The summed E-state index contributed by atoms with van der Waals surface area (Å²) in [6.07, 6.45) is 1.08. The highest BCUT2D eigenvalue weighted by Gasteiger charge is 2.19. The standard InChI is InChI=1S/C18H26N2O/c1-12(2)21-16-8-6-7-15-14(10-18(4,5)11-19)9-13(3)20-17(15)16/h6-9,12H,10-11,19H2,1-5H3. The molecule has 0 unspecified atom stereocenters. The lowest BCUT2D eigenvalue weighted by Gasteiger charge is -2.23. The molecule has 1 aromatic heterocycles. The minimum Gasteiger partial charge on any atom is -0.489 e. The lowest BCUT2D eigenvalue weighted by Crippen LogP contribution is -2.26. The first-order valence-corrected chi connectivity index (χ1v) is 7.58. The van der Waals surface area contributed by atoms with Crippen molar-refractivity contribution in [3.8, 4) is 5.75 Å². The van der Waals surface area contributed by atoms with Crippen LogP contribution in [0.25, 0.3) is 10.9 Å². The van der Waals surface area contributed by atoms with Crippen LogP contribution < -0.4 is 10.5 Å². The van der Waals surface area contributed by atoms with E-state index < -0.39 is 0 Å². The minimum atomic E-state index is 0.0790. The molecule has 0 bridgehead atoms. The molecule has 2 rings (SSSR count). The lowest BCUT2D eigenvalue weighted by molar-refractivity contribution is 0.245. The van der Waals surface area contributed by atoms with E-state index in [0.717, 1.165) is 23.4 Å². The molecule has 0 atom stereocenters. The average molecular weight is 286 g/mol. The summed E-state index contributed by atoms with van der Waals surface area (Å²) < 4.78 is 5.91. The van der Waals surface area contributed by atoms with Gasteiger partial charge in [-0.15, -0.1) is 0 Å². The second kappa shape index (κ2) is 6.02. The Balaban J connectivity index is 2.57. The summed E-state index contributed by atoms with van der Waals surface area (Å²) in [6.45, 7) is 11.2. The van der Waals surface area contributed by atoms with Crippen molar-refractivity contribution in [1.82, 2.24) is 4.98 Å². The van der Waals surface area contributed by atoms with Gasteiger partial charge in [0.25, 0.3) is 0 Å². The molecule has 1 heterocycles. The molecular formula is C18H26N2O. The largest absolute Gasteiger partial charge is 0.489 e. The second-order valence-corrected chi connectivity index (χ2v) is 6.79. The van der Waals surface area contributed by atoms with E-state index >= 15 is 0 Å². The van der Waals surface area contributed by atoms with Gasteiger partial charge in [0.05, 0.1) is 6.10 Å². The van der Waals surface area contributed by atoms with Crippen LogP contribution in [-0.2, 0) is 6.42 Å². The highest BCUT2D eigenvalue weighted by molar-refractivity contribution is 5.87. The van der Waals surface area contributed by atoms with Gasteiger partial charge in [0.1, 0.15) is 11.3 Å². The van der Waals surface area contributed by atoms with Crippen LogP contribution in [-0.4, -0.2) is 17.6 Å². The monoisotopic (exact) mass is 286 g/mol. The number of benzene rings is 1. The maximum atomic E-state index is 5.91. The summed E-state index contributed by atoms with van der Waals surface area (Å²) >= 11 is 0. The number of rotatable bonds is 5. The predicted molar refractivity (Wildman–Crippen MR) is 88.8 cm³/mol. The van der Waals surface area contributed by atoms with Crippen molar-refractivity contribution in [3.63, 3.8) is 0 Å². The zero-order chi connectivity index (χ0) is 15.6. The number of aryl methyl sites for hydroxylation is 1. The summed E-state index contributed by atoms with van der Waals surface area (Å²) in [5.74, 6) is 0.859. The normalized spacial score (nSPS) is 12.1. The van der Waals surface area contributed by atoms with Crippen LogP contribution in [0.5, 0.6) is 5.75 Å². The van der Waals surface area contributed by atoms with Crippen LogP contribution in [0.15, 0.2) is 24.3 Å². The van der Waals surface area contributed by atoms with Gasteiger partial charge >= 0.3 is 0 Å². The molecule has 0 fully saturated rings. The highest BCUT2D eigenvalue weighted by atomic mass is 16.5. The maximum absolute atomic E-state index is 5.91. The highest BCUT2D eigenvalue weighted by Crippen LogP contribution is 2.31. The van der Waals surface area contributed by atoms with Crippen molar-refractivity contribution in [3.05, 3.63) is 35.5 Å². The van der Waals surface area contributed by atoms with Gasteiger partial charge in [-0.1, -0.05) is 26.0 Å². The van der Waals surface area contributed by atoms with Crippen molar-refractivity contribution in [2.45, 2.75) is 47.1 Å². The smallest absolute Gasteiger partial charge is 0.145 e. The molecular weight excluding hydrogens is 260 g/mol. The predicted octanol–water partition coefficient (Wildman–Crippen LogP) is 3.86. The molecule has 0 aliphatic carbocycles. The number of hydrogen-bond donors (Lipinski definition) is 1. The molecule has 0 radical (unpaired) electrons. The van der Waals surface area contributed by atoms with Crippen molar-refractivity contribution in [2.75, 3.05) is 6.54 Å². The first-order chi connectivity index (χ1) is 9.82. The maximum Gasteiger partial charge on any atom is 0.145 e. The Bertz CT molecular complexity index is 632. The van der Waals surface area contributed by atoms with E-state index in [1.165, 1.54) is 10.9 Å². The molecule has 0 saturated heterocycles. The summed E-state index contributed by atoms with van der Waals surface area (Å²) in [5.41, 5.74) is 9.24. The van der Waals surface area contributed by atoms with Gasteiger partial charge in [-0.2, -0.15) is 0 Å². The second-order valence-electron chi connectivity index (χ2n) is 6.79. The number of ether oxygens (including phenoxy) is 1. The molecule has 0 amide bonds. The summed E-state index contributed by atoms with van der Waals surface area (Å²) in [5, 5.41) is 1.17. The molecule has 3 nitrogen and oxygen atoms in total. The van der Waals surface area contributed by atoms with Crippen LogP contribution >= 0.6 is 0 Å². The van der Waals surface area contributed by atoms with Crippen LogP contribution in [0.3, 0.4) is 0 Å². The van der Waals surface area contributed by atoms with Crippen molar-refractivity contribution in [1.29, 1.82) is 0 Å². The number of hydrogen-bond acceptors (Lipinski definition) is 3. The van der Waals surface area contributed by atoms with Gasteiger partial charge in [0.2, 0.25) is 0 Å². The van der Waals surface area contributed by atoms with E-state index in [4.69, 9.17) is 10.5 Å². The van der Waals surface area contributed by atoms with Gasteiger partial charge in [0, 0.05) is 11.1 Å². The van der Waals surface area contributed by atoms with Crippen LogP contribution in [0.1, 0.15) is 39.0 Å². The Morgan fingerprint density at radius 3 is 2.62 bits per heavy atom. The van der Waals surface area contributed by atoms with Crippen molar-refractivity contribution in [2.24, 2.45) is 11.1 Å². The van der Waals surface area contributed by atoms with Crippen LogP contribution in [0, 0.1) is 12.3 Å². The van der Waals surface area contributed by atoms with E-state index in [2.05, 4.69) is 31.0 Å². The molecule has 0 saturated carbocycles. The Morgan fingerprint density at radius 1 is 1.29 bits per heavy atom. The molecule has 114 valence electrons. The van der Waals surface area contributed by atoms with Gasteiger partial charge in [0.15, 0.2) is 0 Å². The molecule has 2 aromatic rings. The van der Waals surface area contributed by atoms with E-state index in [1.54, 1.807) is 0 Å². The average Bonchev–Trinajstić information content (AvgIpc) is 2.38. The first-order valence-electron chi connectivity index (χ1n) is 7.58. The topological polar surface area (TPSA) is 48.1 Å². The van der Waals surface area contributed by atoms with E-state index in [0.29, 0.717) is 6.54 Å². The van der Waals surface area contributed by atoms with Gasteiger partial charge in [-0.05, 0) is 56.8 Å². The lowest BCUT2D eigenvalue weighted by atomic mass is 9.84. The number of aromatic nitrogens is 1. The van der Waals surface area contributed by atoms with Gasteiger partial charge in [-0.25, -0.2) is 4.98 Å². The Labute approximate surface area is 127 Å². The Morgan fingerprint density at radius 2 is 2.00 bits per heavy atom. The van der Waals surface area contributed by atoms with Crippen LogP contribution in [0.2, 0.25) is 0 Å². The molecule has 0 aliphatic rings.